The minimum absolute atomic E-state index is 0.0771. The Bertz CT molecular complexity index is 993. The van der Waals surface area contributed by atoms with Gasteiger partial charge in [0, 0.05) is 31.1 Å². The number of imidazole rings is 1. The standard InChI is InChI=1S/C22H27FN6O/c1-4-22(2)8-7-17(23)19(12-22)28(3)21-25-13-18(26-27-21)16-6-5-15(11-20(16)30)29-10-9-24-14-29/h5-6,9-11,13-14,17,19,30H,4,7-8,12H2,1-3H3/t17-,19-,22-/m0/s1. The number of rotatable bonds is 5. The van der Waals surface area contributed by atoms with E-state index in [9.17, 15) is 9.50 Å². The first-order valence-corrected chi connectivity index (χ1v) is 10.3. The van der Waals surface area contributed by atoms with E-state index >= 15 is 0 Å². The van der Waals surface area contributed by atoms with Crippen molar-refractivity contribution in [3.05, 3.63) is 43.1 Å². The largest absolute Gasteiger partial charge is 0.507 e. The zero-order chi connectivity index (χ0) is 21.3. The third-order valence-corrected chi connectivity index (χ3v) is 6.42. The van der Waals surface area contributed by atoms with Crippen molar-refractivity contribution in [3.8, 4) is 22.7 Å². The number of alkyl halides is 1. The van der Waals surface area contributed by atoms with Crippen molar-refractivity contribution in [1.29, 1.82) is 0 Å². The monoisotopic (exact) mass is 410 g/mol. The molecule has 7 nitrogen and oxygen atoms in total. The van der Waals surface area contributed by atoms with Crippen molar-refractivity contribution in [3.63, 3.8) is 0 Å². The topological polar surface area (TPSA) is 80.0 Å². The van der Waals surface area contributed by atoms with Crippen LogP contribution in [-0.2, 0) is 0 Å². The minimum atomic E-state index is -0.905. The highest BCUT2D eigenvalue weighted by Crippen LogP contribution is 2.41. The maximum atomic E-state index is 14.7. The van der Waals surface area contributed by atoms with Crippen molar-refractivity contribution in [2.45, 2.75) is 51.7 Å². The molecule has 0 amide bonds. The van der Waals surface area contributed by atoms with E-state index < -0.39 is 6.17 Å². The van der Waals surface area contributed by atoms with E-state index in [1.54, 1.807) is 46.5 Å². The van der Waals surface area contributed by atoms with Gasteiger partial charge in [-0.1, -0.05) is 20.3 Å². The van der Waals surface area contributed by atoms with Crippen LogP contribution in [0.5, 0.6) is 5.75 Å². The fraction of sp³-hybridized carbons (Fsp3) is 0.455. The van der Waals surface area contributed by atoms with Gasteiger partial charge < -0.3 is 14.6 Å². The number of hydrogen-bond donors (Lipinski definition) is 1. The van der Waals surface area contributed by atoms with Crippen LogP contribution in [0.4, 0.5) is 10.3 Å². The summed E-state index contributed by atoms with van der Waals surface area (Å²) in [6, 6.07) is 5.00. The molecule has 0 aliphatic heterocycles. The van der Waals surface area contributed by atoms with E-state index in [-0.39, 0.29) is 17.2 Å². The summed E-state index contributed by atoms with van der Waals surface area (Å²) in [4.78, 5) is 10.2. The number of anilines is 1. The fourth-order valence-corrected chi connectivity index (χ4v) is 4.13. The smallest absolute Gasteiger partial charge is 0.245 e. The Balaban J connectivity index is 1.54. The number of aromatic nitrogens is 5. The first-order chi connectivity index (χ1) is 14.4. The van der Waals surface area contributed by atoms with Gasteiger partial charge in [-0.05, 0) is 36.8 Å². The lowest BCUT2D eigenvalue weighted by atomic mass is 9.71. The Morgan fingerprint density at radius 2 is 2.17 bits per heavy atom. The van der Waals surface area contributed by atoms with Crippen molar-refractivity contribution >= 4 is 5.95 Å². The maximum absolute atomic E-state index is 14.7. The first-order valence-electron chi connectivity index (χ1n) is 10.3. The van der Waals surface area contributed by atoms with Crippen molar-refractivity contribution in [2.24, 2.45) is 5.41 Å². The number of benzene rings is 1. The zero-order valence-corrected chi connectivity index (χ0v) is 17.5. The van der Waals surface area contributed by atoms with Crippen molar-refractivity contribution < 1.29 is 9.50 Å². The second kappa shape index (κ2) is 8.01. The van der Waals surface area contributed by atoms with Crippen LogP contribution in [0.3, 0.4) is 0 Å². The van der Waals surface area contributed by atoms with Crippen LogP contribution in [0.1, 0.15) is 39.5 Å². The number of nitrogens with zero attached hydrogens (tertiary/aromatic N) is 6. The lowest BCUT2D eigenvalue weighted by Crippen LogP contribution is -2.47. The third kappa shape index (κ3) is 3.86. The Labute approximate surface area is 175 Å². The van der Waals surface area contributed by atoms with Crippen molar-refractivity contribution in [1.82, 2.24) is 24.7 Å². The number of phenolic OH excluding ortho intramolecular Hbond substituents is 1. The highest BCUT2D eigenvalue weighted by atomic mass is 19.1. The number of hydrogen-bond acceptors (Lipinski definition) is 6. The molecular weight excluding hydrogens is 383 g/mol. The van der Waals surface area contributed by atoms with Gasteiger partial charge >= 0.3 is 0 Å². The summed E-state index contributed by atoms with van der Waals surface area (Å²) < 4.78 is 16.5. The van der Waals surface area contributed by atoms with Gasteiger partial charge in [-0.3, -0.25) is 0 Å². The molecule has 1 aromatic carbocycles. The maximum Gasteiger partial charge on any atom is 0.245 e. The summed E-state index contributed by atoms with van der Waals surface area (Å²) in [5.74, 6) is 0.467. The van der Waals surface area contributed by atoms with E-state index in [1.165, 1.54) is 0 Å². The first kappa shape index (κ1) is 20.3. The van der Waals surface area contributed by atoms with Crippen LogP contribution < -0.4 is 4.90 Å². The quantitative estimate of drug-likeness (QED) is 0.680. The summed E-state index contributed by atoms with van der Waals surface area (Å²) in [7, 11) is 1.83. The van der Waals surface area contributed by atoms with E-state index in [1.807, 2.05) is 13.1 Å². The van der Waals surface area contributed by atoms with Gasteiger partial charge in [0.05, 0.1) is 24.3 Å². The molecule has 3 aromatic rings. The summed E-state index contributed by atoms with van der Waals surface area (Å²) in [5, 5.41) is 18.9. The molecule has 4 rings (SSSR count). The Hall–Kier alpha value is -3.03. The molecule has 0 unspecified atom stereocenters. The highest BCUT2D eigenvalue weighted by molar-refractivity contribution is 5.68. The van der Waals surface area contributed by atoms with E-state index in [0.29, 0.717) is 23.6 Å². The summed E-state index contributed by atoms with van der Waals surface area (Å²) in [6.07, 6.45) is 9.05. The van der Waals surface area contributed by atoms with E-state index in [2.05, 4.69) is 34.0 Å². The number of aromatic hydroxyl groups is 1. The van der Waals surface area contributed by atoms with Crippen molar-refractivity contribution in [2.75, 3.05) is 11.9 Å². The molecule has 1 aliphatic rings. The molecule has 1 aliphatic carbocycles. The minimum Gasteiger partial charge on any atom is -0.507 e. The Morgan fingerprint density at radius 3 is 2.80 bits per heavy atom. The fourth-order valence-electron chi connectivity index (χ4n) is 4.13. The summed E-state index contributed by atoms with van der Waals surface area (Å²) in [6.45, 7) is 4.38. The van der Waals surface area contributed by atoms with E-state index in [4.69, 9.17) is 0 Å². The molecule has 0 saturated heterocycles. The average molecular weight is 410 g/mol. The van der Waals surface area contributed by atoms with E-state index in [0.717, 1.165) is 24.9 Å². The molecular formula is C22H27FN6O. The molecule has 2 aromatic heterocycles. The second-order valence-corrected chi connectivity index (χ2v) is 8.42. The lowest BCUT2D eigenvalue weighted by Gasteiger charge is -2.43. The highest BCUT2D eigenvalue weighted by Gasteiger charge is 2.39. The van der Waals surface area contributed by atoms with Crippen LogP contribution in [0, 0.1) is 5.41 Å². The molecule has 3 atom stereocenters. The van der Waals surface area contributed by atoms with Gasteiger partial charge in [-0.2, -0.15) is 0 Å². The zero-order valence-electron chi connectivity index (χ0n) is 17.5. The molecule has 158 valence electrons. The van der Waals surface area contributed by atoms with Crippen LogP contribution in [0.15, 0.2) is 43.1 Å². The summed E-state index contributed by atoms with van der Waals surface area (Å²) in [5.41, 5.74) is 1.92. The van der Waals surface area contributed by atoms with Crippen LogP contribution >= 0.6 is 0 Å². The van der Waals surface area contributed by atoms with Gasteiger partial charge in [0.15, 0.2) is 0 Å². The predicted octanol–water partition coefficient (Wildman–Crippen LogP) is 4.17. The molecule has 8 heteroatoms. The van der Waals surface area contributed by atoms with Gasteiger partial charge in [-0.25, -0.2) is 14.4 Å². The van der Waals surface area contributed by atoms with Crippen LogP contribution in [0.25, 0.3) is 16.9 Å². The number of phenols is 1. The molecule has 0 bridgehead atoms. The third-order valence-electron chi connectivity index (χ3n) is 6.42. The summed E-state index contributed by atoms with van der Waals surface area (Å²) >= 11 is 0. The Morgan fingerprint density at radius 1 is 1.33 bits per heavy atom. The normalized spacial score (nSPS) is 24.0. The molecule has 1 saturated carbocycles. The SMILES string of the molecule is CC[C@@]1(C)CC[C@H](F)[C@@H](N(C)c2ncc(-c3ccc(-n4ccnc4)cc3O)nn2)C1. The van der Waals surface area contributed by atoms with Gasteiger partial charge in [0.2, 0.25) is 5.95 Å². The van der Waals surface area contributed by atoms with Gasteiger partial charge in [0.25, 0.3) is 0 Å². The average Bonchev–Trinajstić information content (AvgIpc) is 3.30. The predicted molar refractivity (Wildman–Crippen MR) is 113 cm³/mol. The molecule has 1 N–H and O–H groups in total. The van der Waals surface area contributed by atoms with Crippen LogP contribution in [0.2, 0.25) is 0 Å². The molecule has 0 spiro atoms. The lowest BCUT2D eigenvalue weighted by molar-refractivity contribution is 0.107. The molecule has 2 heterocycles. The van der Waals surface area contributed by atoms with Gasteiger partial charge in [-0.15, -0.1) is 10.2 Å². The molecule has 30 heavy (non-hydrogen) atoms. The Kier molecular flexibility index (Phi) is 5.40. The number of halogens is 1. The van der Waals surface area contributed by atoms with Crippen LogP contribution in [-0.4, -0.2) is 49.1 Å². The molecule has 1 fully saturated rings. The second-order valence-electron chi connectivity index (χ2n) is 8.42. The molecule has 0 radical (unpaired) electrons. The van der Waals surface area contributed by atoms with Gasteiger partial charge in [0.1, 0.15) is 17.6 Å².